The largest absolute Gasteiger partial charge is 0.496 e. The zero-order valence-corrected chi connectivity index (χ0v) is 20.5. The fourth-order valence-electron chi connectivity index (χ4n) is 3.97. The summed E-state index contributed by atoms with van der Waals surface area (Å²) >= 11 is 0. The summed E-state index contributed by atoms with van der Waals surface area (Å²) in [6, 6.07) is 12.1. The molecule has 0 bridgehead atoms. The molecule has 2 aromatic rings. The zero-order chi connectivity index (χ0) is 23.8. The van der Waals surface area contributed by atoms with Gasteiger partial charge in [0.2, 0.25) is 10.0 Å². The topological polar surface area (TPSA) is 84.9 Å². The lowest BCUT2D eigenvalue weighted by atomic mass is 10.0. The lowest BCUT2D eigenvalue weighted by Gasteiger charge is -2.22. The van der Waals surface area contributed by atoms with Gasteiger partial charge < -0.3 is 14.4 Å². The van der Waals surface area contributed by atoms with E-state index in [0.29, 0.717) is 24.8 Å². The average molecular weight is 475 g/mol. The second-order valence-corrected chi connectivity index (χ2v) is 10.3. The molecule has 1 amide bonds. The number of ether oxygens (including phenoxy) is 2. The fourth-order valence-corrected chi connectivity index (χ4v) is 5.01. The second-order valence-electron chi connectivity index (χ2n) is 8.51. The molecule has 0 spiro atoms. The highest BCUT2D eigenvalue weighted by Crippen LogP contribution is 2.27. The zero-order valence-electron chi connectivity index (χ0n) is 19.7. The molecule has 2 aromatic carbocycles. The highest BCUT2D eigenvalue weighted by molar-refractivity contribution is 7.89. The number of hydrogen-bond acceptors (Lipinski definition) is 5. The van der Waals surface area contributed by atoms with Crippen LogP contribution in [-0.4, -0.2) is 52.6 Å². The molecular formula is C25H34N2O5S. The summed E-state index contributed by atoms with van der Waals surface area (Å²) in [6.07, 6.45) is 4.10. The summed E-state index contributed by atoms with van der Waals surface area (Å²) in [5.41, 5.74) is 1.34. The number of likely N-dealkylation sites (tertiary alicyclic amines) is 1. The third-order valence-electron chi connectivity index (χ3n) is 5.80. The Morgan fingerprint density at radius 2 is 1.73 bits per heavy atom. The molecule has 0 atom stereocenters. The third-order valence-corrected chi connectivity index (χ3v) is 7.26. The van der Waals surface area contributed by atoms with E-state index < -0.39 is 10.0 Å². The normalized spacial score (nSPS) is 14.7. The number of nitrogens with one attached hydrogen (secondary N) is 1. The van der Waals surface area contributed by atoms with Crippen molar-refractivity contribution in [3.8, 4) is 11.5 Å². The predicted octanol–water partition coefficient (Wildman–Crippen LogP) is 4.19. The molecule has 7 nitrogen and oxygen atoms in total. The maximum atomic E-state index is 13.1. The van der Waals surface area contributed by atoms with Gasteiger partial charge >= 0.3 is 0 Å². The molecule has 1 N–H and O–H groups in total. The molecular weight excluding hydrogens is 440 g/mol. The quantitative estimate of drug-likeness (QED) is 0.551. The fraction of sp³-hybridized carbons (Fsp3) is 0.480. The summed E-state index contributed by atoms with van der Waals surface area (Å²) in [5.74, 6) is 1.23. The van der Waals surface area contributed by atoms with Crippen molar-refractivity contribution in [2.75, 3.05) is 33.4 Å². The minimum absolute atomic E-state index is 0.0315. The van der Waals surface area contributed by atoms with Crippen molar-refractivity contribution in [2.45, 2.75) is 50.3 Å². The van der Waals surface area contributed by atoms with Gasteiger partial charge in [0.15, 0.2) is 0 Å². The predicted molar refractivity (Wildman–Crippen MR) is 129 cm³/mol. The number of sulfonamides is 1. The van der Waals surface area contributed by atoms with Crippen LogP contribution in [0.25, 0.3) is 0 Å². The molecule has 1 aliphatic rings. The maximum absolute atomic E-state index is 13.1. The minimum atomic E-state index is -3.82. The molecule has 1 saturated heterocycles. The number of carbonyl (C=O) groups is 1. The maximum Gasteiger partial charge on any atom is 0.257 e. The Labute approximate surface area is 197 Å². The Morgan fingerprint density at radius 1 is 1.03 bits per heavy atom. The molecule has 0 aromatic heterocycles. The van der Waals surface area contributed by atoms with E-state index in [2.05, 4.69) is 18.6 Å². The molecule has 33 heavy (non-hydrogen) atoms. The van der Waals surface area contributed by atoms with Crippen LogP contribution in [0.5, 0.6) is 11.5 Å². The van der Waals surface area contributed by atoms with Crippen molar-refractivity contribution in [1.82, 2.24) is 9.62 Å². The number of nitrogens with zero attached hydrogens (tertiary/aromatic N) is 1. The van der Waals surface area contributed by atoms with Gasteiger partial charge in [-0.3, -0.25) is 4.79 Å². The van der Waals surface area contributed by atoms with Crippen molar-refractivity contribution in [1.29, 1.82) is 0 Å². The van der Waals surface area contributed by atoms with Crippen molar-refractivity contribution < 1.29 is 22.7 Å². The van der Waals surface area contributed by atoms with Gasteiger partial charge in [0.05, 0.1) is 17.6 Å². The Kier molecular flexibility index (Phi) is 8.74. The van der Waals surface area contributed by atoms with Crippen LogP contribution >= 0.6 is 0 Å². The lowest BCUT2D eigenvalue weighted by Crippen LogP contribution is -2.32. The summed E-state index contributed by atoms with van der Waals surface area (Å²) in [6.45, 7) is 5.81. The van der Waals surface area contributed by atoms with Gasteiger partial charge in [-0.1, -0.05) is 44.9 Å². The number of methoxy groups -OCH3 is 1. The summed E-state index contributed by atoms with van der Waals surface area (Å²) < 4.78 is 39.5. The molecule has 180 valence electrons. The lowest BCUT2D eigenvalue weighted by molar-refractivity contribution is 0.0758. The van der Waals surface area contributed by atoms with Crippen LogP contribution in [0.3, 0.4) is 0 Å². The summed E-state index contributed by atoms with van der Waals surface area (Å²) in [7, 11) is -2.34. The van der Waals surface area contributed by atoms with E-state index in [1.54, 1.807) is 4.90 Å². The van der Waals surface area contributed by atoms with Crippen LogP contribution in [0.15, 0.2) is 47.4 Å². The average Bonchev–Trinajstić information content (AvgIpc) is 3.11. The number of rotatable bonds is 9. The number of amides is 1. The standard InChI is InChI=1S/C25H34N2O5S/c1-19(2)21-10-6-7-11-24(21)32-17-14-26-33(29,30)20-12-13-23(31-3)22(18-20)25(28)27-15-8-4-5-9-16-27/h6-7,10-13,18-19,26H,4-5,8-9,14-17H2,1-3H3. The van der Waals surface area contributed by atoms with Crippen LogP contribution in [0, 0.1) is 0 Å². The SMILES string of the molecule is COc1ccc(S(=O)(=O)NCCOc2ccccc2C(C)C)cc1C(=O)N1CCCCCC1. The first-order chi connectivity index (χ1) is 15.8. The van der Waals surface area contributed by atoms with E-state index in [4.69, 9.17) is 9.47 Å². The summed E-state index contributed by atoms with van der Waals surface area (Å²) in [5, 5.41) is 0. The monoisotopic (exact) mass is 474 g/mol. The molecule has 0 aliphatic carbocycles. The molecule has 1 fully saturated rings. The van der Waals surface area contributed by atoms with E-state index in [-0.39, 0.29) is 29.5 Å². The van der Waals surface area contributed by atoms with E-state index in [9.17, 15) is 13.2 Å². The molecule has 0 radical (unpaired) electrons. The van der Waals surface area contributed by atoms with Gasteiger partial charge in [-0.2, -0.15) is 0 Å². The molecule has 0 saturated carbocycles. The first kappa shape index (κ1) is 25.1. The first-order valence-electron chi connectivity index (χ1n) is 11.5. The van der Waals surface area contributed by atoms with Gasteiger partial charge in [0, 0.05) is 19.6 Å². The number of benzene rings is 2. The Bertz CT molecular complexity index is 1040. The molecule has 8 heteroatoms. The molecule has 0 unspecified atom stereocenters. The van der Waals surface area contributed by atoms with E-state index in [1.165, 1.54) is 25.3 Å². The van der Waals surface area contributed by atoms with Crippen molar-refractivity contribution >= 4 is 15.9 Å². The Hall–Kier alpha value is -2.58. The van der Waals surface area contributed by atoms with Crippen molar-refractivity contribution in [3.63, 3.8) is 0 Å². The van der Waals surface area contributed by atoms with Gasteiger partial charge in [0.25, 0.3) is 5.91 Å². The van der Waals surface area contributed by atoms with Gasteiger partial charge in [0.1, 0.15) is 18.1 Å². The van der Waals surface area contributed by atoms with Crippen LogP contribution in [-0.2, 0) is 10.0 Å². The van der Waals surface area contributed by atoms with Gasteiger partial charge in [-0.15, -0.1) is 0 Å². The van der Waals surface area contributed by atoms with Crippen LogP contribution in [0.2, 0.25) is 0 Å². The van der Waals surface area contributed by atoms with E-state index in [0.717, 1.165) is 37.0 Å². The van der Waals surface area contributed by atoms with Crippen molar-refractivity contribution in [3.05, 3.63) is 53.6 Å². The highest BCUT2D eigenvalue weighted by atomic mass is 32.2. The Balaban J connectivity index is 1.69. The van der Waals surface area contributed by atoms with E-state index in [1.807, 2.05) is 24.3 Å². The van der Waals surface area contributed by atoms with Crippen LogP contribution < -0.4 is 14.2 Å². The second kappa shape index (κ2) is 11.5. The molecule has 1 heterocycles. The van der Waals surface area contributed by atoms with Gasteiger partial charge in [-0.05, 0) is 48.6 Å². The van der Waals surface area contributed by atoms with Crippen molar-refractivity contribution in [2.24, 2.45) is 0 Å². The highest BCUT2D eigenvalue weighted by Gasteiger charge is 2.24. The minimum Gasteiger partial charge on any atom is -0.496 e. The van der Waals surface area contributed by atoms with E-state index >= 15 is 0 Å². The van der Waals surface area contributed by atoms with Gasteiger partial charge in [-0.25, -0.2) is 13.1 Å². The molecule has 3 rings (SSSR count). The third kappa shape index (κ3) is 6.48. The number of carbonyl (C=O) groups excluding carboxylic acids is 1. The number of para-hydroxylation sites is 1. The smallest absolute Gasteiger partial charge is 0.257 e. The Morgan fingerprint density at radius 3 is 2.39 bits per heavy atom. The number of hydrogen-bond donors (Lipinski definition) is 1. The molecule has 1 aliphatic heterocycles. The van der Waals surface area contributed by atoms with Crippen LogP contribution in [0.4, 0.5) is 0 Å². The first-order valence-corrected chi connectivity index (χ1v) is 13.0. The van der Waals surface area contributed by atoms with Crippen LogP contribution in [0.1, 0.15) is 61.4 Å². The summed E-state index contributed by atoms with van der Waals surface area (Å²) in [4.78, 5) is 14.9.